The molecule has 1 aromatic rings. The van der Waals surface area contributed by atoms with Crippen molar-refractivity contribution >= 4 is 9.84 Å². The van der Waals surface area contributed by atoms with Crippen LogP contribution in [0, 0.1) is 6.92 Å². The van der Waals surface area contributed by atoms with Crippen LogP contribution in [0.3, 0.4) is 0 Å². The van der Waals surface area contributed by atoms with Crippen LogP contribution >= 0.6 is 0 Å². The minimum Gasteiger partial charge on any atom is -0.394 e. The Morgan fingerprint density at radius 3 is 2.47 bits per heavy atom. The molecule has 84 valence electrons. The molecule has 1 unspecified atom stereocenters. The lowest BCUT2D eigenvalue weighted by Gasteiger charge is -2.11. The number of aryl methyl sites for hydroxylation is 1. The number of sulfone groups is 1. The second kappa shape index (κ2) is 4.30. The van der Waals surface area contributed by atoms with E-state index in [0.717, 1.165) is 5.56 Å². The molecule has 0 radical (unpaired) electrons. The highest BCUT2D eigenvalue weighted by Gasteiger charge is 2.12. The quantitative estimate of drug-likeness (QED) is 0.785. The highest BCUT2D eigenvalue weighted by atomic mass is 32.2. The molecule has 0 saturated carbocycles. The fourth-order valence-corrected chi connectivity index (χ4v) is 2.38. The van der Waals surface area contributed by atoms with Crippen molar-refractivity contribution in [2.75, 3.05) is 12.9 Å². The molecular formula is C10H15NO3S. The summed E-state index contributed by atoms with van der Waals surface area (Å²) in [5.74, 6) is 0. The standard InChI is InChI=1S/C10H15NO3S/c1-7-5-8(9(11)6-12)3-4-10(7)15(2,13)14/h3-5,9,12H,6,11H2,1-2H3. The molecule has 1 atom stereocenters. The van der Waals surface area contributed by atoms with Gasteiger partial charge >= 0.3 is 0 Å². The first-order chi connectivity index (χ1) is 6.86. The van der Waals surface area contributed by atoms with Gasteiger partial charge in [0.05, 0.1) is 17.5 Å². The van der Waals surface area contributed by atoms with Crippen LogP contribution in [-0.4, -0.2) is 26.4 Å². The average molecular weight is 229 g/mol. The normalized spacial score (nSPS) is 13.9. The van der Waals surface area contributed by atoms with Gasteiger partial charge in [0.1, 0.15) is 0 Å². The Morgan fingerprint density at radius 2 is 2.07 bits per heavy atom. The Kier molecular flexibility index (Phi) is 3.49. The molecule has 0 saturated heterocycles. The van der Waals surface area contributed by atoms with Gasteiger partial charge in [-0.15, -0.1) is 0 Å². The topological polar surface area (TPSA) is 80.4 Å². The Labute approximate surface area is 89.7 Å². The lowest BCUT2D eigenvalue weighted by atomic mass is 10.1. The monoisotopic (exact) mass is 229 g/mol. The summed E-state index contributed by atoms with van der Waals surface area (Å²) in [6.07, 6.45) is 1.17. The molecule has 5 heteroatoms. The maximum atomic E-state index is 11.3. The van der Waals surface area contributed by atoms with Gasteiger partial charge in [0.2, 0.25) is 0 Å². The van der Waals surface area contributed by atoms with E-state index < -0.39 is 15.9 Å². The average Bonchev–Trinajstić information content (AvgIpc) is 2.14. The van der Waals surface area contributed by atoms with E-state index in [1.165, 1.54) is 12.3 Å². The number of rotatable bonds is 3. The molecule has 0 spiro atoms. The van der Waals surface area contributed by atoms with E-state index >= 15 is 0 Å². The van der Waals surface area contributed by atoms with Gasteiger partial charge in [0.15, 0.2) is 9.84 Å². The first-order valence-electron chi connectivity index (χ1n) is 4.53. The van der Waals surface area contributed by atoms with Crippen molar-refractivity contribution in [1.29, 1.82) is 0 Å². The summed E-state index contributed by atoms with van der Waals surface area (Å²) in [4.78, 5) is 0.302. The van der Waals surface area contributed by atoms with Crippen molar-refractivity contribution in [2.24, 2.45) is 5.73 Å². The van der Waals surface area contributed by atoms with Crippen LogP contribution in [0.2, 0.25) is 0 Å². The van der Waals surface area contributed by atoms with Crippen LogP contribution in [0.15, 0.2) is 23.1 Å². The van der Waals surface area contributed by atoms with Crippen LogP contribution < -0.4 is 5.73 Å². The predicted molar refractivity (Wildman–Crippen MR) is 58.3 cm³/mol. The summed E-state index contributed by atoms with van der Waals surface area (Å²) in [6.45, 7) is 1.56. The fourth-order valence-electron chi connectivity index (χ4n) is 1.42. The number of hydrogen-bond donors (Lipinski definition) is 2. The van der Waals surface area contributed by atoms with Crippen molar-refractivity contribution < 1.29 is 13.5 Å². The molecule has 15 heavy (non-hydrogen) atoms. The molecule has 0 aliphatic rings. The zero-order valence-corrected chi connectivity index (χ0v) is 9.58. The van der Waals surface area contributed by atoms with E-state index in [0.29, 0.717) is 10.5 Å². The Balaban J connectivity index is 3.21. The van der Waals surface area contributed by atoms with E-state index in [2.05, 4.69) is 0 Å². The zero-order valence-electron chi connectivity index (χ0n) is 8.77. The highest BCUT2D eigenvalue weighted by Crippen LogP contribution is 2.19. The molecule has 1 aromatic carbocycles. The first-order valence-corrected chi connectivity index (χ1v) is 6.42. The Bertz CT molecular complexity index is 454. The van der Waals surface area contributed by atoms with E-state index in [9.17, 15) is 8.42 Å². The van der Waals surface area contributed by atoms with Crippen LogP contribution in [0.5, 0.6) is 0 Å². The molecule has 1 rings (SSSR count). The smallest absolute Gasteiger partial charge is 0.175 e. The molecule has 0 bridgehead atoms. The SMILES string of the molecule is Cc1cc(C(N)CO)ccc1S(C)(=O)=O. The number of aliphatic hydroxyl groups excluding tert-OH is 1. The van der Waals surface area contributed by atoms with Crippen molar-refractivity contribution in [2.45, 2.75) is 17.9 Å². The molecule has 0 fully saturated rings. The number of hydrogen-bond acceptors (Lipinski definition) is 4. The van der Waals surface area contributed by atoms with Crippen molar-refractivity contribution in [3.63, 3.8) is 0 Å². The third-order valence-corrected chi connectivity index (χ3v) is 3.48. The van der Waals surface area contributed by atoms with Gasteiger partial charge in [0.25, 0.3) is 0 Å². The lowest BCUT2D eigenvalue weighted by Crippen LogP contribution is -2.15. The zero-order chi connectivity index (χ0) is 11.6. The third kappa shape index (κ3) is 2.77. The van der Waals surface area contributed by atoms with Gasteiger partial charge in [-0.25, -0.2) is 8.42 Å². The molecule has 0 aromatic heterocycles. The number of benzene rings is 1. The highest BCUT2D eigenvalue weighted by molar-refractivity contribution is 7.90. The summed E-state index contributed by atoms with van der Waals surface area (Å²) in [7, 11) is -3.19. The number of aliphatic hydroxyl groups is 1. The first kappa shape index (κ1) is 12.2. The summed E-state index contributed by atoms with van der Waals surface area (Å²) < 4.78 is 22.6. The van der Waals surface area contributed by atoms with Gasteiger partial charge in [-0.2, -0.15) is 0 Å². The molecule has 0 aliphatic heterocycles. The van der Waals surface area contributed by atoms with Crippen molar-refractivity contribution in [3.05, 3.63) is 29.3 Å². The van der Waals surface area contributed by atoms with Crippen LogP contribution in [0.1, 0.15) is 17.2 Å². The summed E-state index contributed by atoms with van der Waals surface area (Å²) in [6, 6.07) is 4.38. The van der Waals surface area contributed by atoms with Gasteiger partial charge < -0.3 is 10.8 Å². The minimum absolute atomic E-state index is 0.155. The van der Waals surface area contributed by atoms with Crippen LogP contribution in [-0.2, 0) is 9.84 Å². The summed E-state index contributed by atoms with van der Waals surface area (Å²) in [5, 5.41) is 8.87. The van der Waals surface area contributed by atoms with Crippen LogP contribution in [0.4, 0.5) is 0 Å². The lowest BCUT2D eigenvalue weighted by molar-refractivity contribution is 0.268. The Hall–Kier alpha value is -0.910. The van der Waals surface area contributed by atoms with E-state index in [1.54, 1.807) is 19.1 Å². The molecule has 0 amide bonds. The predicted octanol–water partition coefficient (Wildman–Crippen LogP) is 0.391. The second-order valence-electron chi connectivity index (χ2n) is 3.59. The van der Waals surface area contributed by atoms with Gasteiger partial charge in [0, 0.05) is 6.26 Å². The third-order valence-electron chi connectivity index (χ3n) is 2.22. The van der Waals surface area contributed by atoms with Gasteiger partial charge in [-0.05, 0) is 24.1 Å². The summed E-state index contributed by atoms with van der Waals surface area (Å²) in [5.41, 5.74) is 7.01. The molecule has 0 heterocycles. The number of nitrogens with two attached hydrogens (primary N) is 1. The Morgan fingerprint density at radius 1 is 1.47 bits per heavy atom. The fraction of sp³-hybridized carbons (Fsp3) is 0.400. The van der Waals surface area contributed by atoms with E-state index in [-0.39, 0.29) is 6.61 Å². The molecule has 3 N–H and O–H groups in total. The summed E-state index contributed by atoms with van der Waals surface area (Å²) >= 11 is 0. The van der Waals surface area contributed by atoms with Crippen molar-refractivity contribution in [1.82, 2.24) is 0 Å². The van der Waals surface area contributed by atoms with Gasteiger partial charge in [-0.1, -0.05) is 12.1 Å². The largest absolute Gasteiger partial charge is 0.394 e. The second-order valence-corrected chi connectivity index (χ2v) is 5.57. The van der Waals surface area contributed by atoms with E-state index in [1.807, 2.05) is 0 Å². The maximum absolute atomic E-state index is 11.3. The minimum atomic E-state index is -3.19. The maximum Gasteiger partial charge on any atom is 0.175 e. The van der Waals surface area contributed by atoms with Crippen LogP contribution in [0.25, 0.3) is 0 Å². The molecule has 0 aliphatic carbocycles. The molecule has 4 nitrogen and oxygen atoms in total. The van der Waals surface area contributed by atoms with Crippen molar-refractivity contribution in [3.8, 4) is 0 Å². The molecular weight excluding hydrogens is 214 g/mol. The van der Waals surface area contributed by atoms with E-state index in [4.69, 9.17) is 10.8 Å². The van der Waals surface area contributed by atoms with Gasteiger partial charge in [-0.3, -0.25) is 0 Å².